The largest absolute Gasteiger partial charge is 0.467 e. The minimum absolute atomic E-state index is 0.0887. The number of benzene rings is 2. The van der Waals surface area contributed by atoms with Gasteiger partial charge in [-0.3, -0.25) is 4.79 Å². The van der Waals surface area contributed by atoms with Crippen LogP contribution in [0.25, 0.3) is 22.2 Å². The molecule has 1 amide bonds. The van der Waals surface area contributed by atoms with E-state index < -0.39 is 0 Å². The van der Waals surface area contributed by atoms with Crippen molar-refractivity contribution in [2.75, 3.05) is 0 Å². The van der Waals surface area contributed by atoms with E-state index in [-0.39, 0.29) is 11.3 Å². The number of carbonyl (C=O) groups is 1. The molecule has 2 aromatic carbocycles. The lowest BCUT2D eigenvalue weighted by Gasteiger charge is -2.33. The molecule has 0 saturated carbocycles. The molecule has 0 bridgehead atoms. The molecule has 5 nitrogen and oxygen atoms in total. The summed E-state index contributed by atoms with van der Waals surface area (Å²) in [6.45, 7) is 11.6. The number of aliphatic imine (C=N–C) groups is 1. The van der Waals surface area contributed by atoms with E-state index in [4.69, 9.17) is 9.41 Å². The molecule has 1 aliphatic rings. The second-order valence-electron chi connectivity index (χ2n) is 12.3. The highest BCUT2D eigenvalue weighted by Gasteiger charge is 2.33. The predicted molar refractivity (Wildman–Crippen MR) is 170 cm³/mol. The molecule has 41 heavy (non-hydrogen) atoms. The van der Waals surface area contributed by atoms with Crippen LogP contribution in [0.2, 0.25) is 0 Å². The van der Waals surface area contributed by atoms with Gasteiger partial charge in [0.2, 0.25) is 0 Å². The number of hydrogen-bond donors (Lipinski definition) is 2. The third-order valence-electron chi connectivity index (χ3n) is 8.36. The number of aromatic amines is 1. The number of hydrogen-bond acceptors (Lipinski definition) is 4. The summed E-state index contributed by atoms with van der Waals surface area (Å²) in [6, 6.07) is 18.5. The van der Waals surface area contributed by atoms with Crippen LogP contribution < -0.4 is 5.32 Å². The molecule has 5 aromatic rings. The zero-order chi connectivity index (χ0) is 28.7. The van der Waals surface area contributed by atoms with E-state index in [0.29, 0.717) is 18.0 Å². The van der Waals surface area contributed by atoms with Crippen LogP contribution in [0.4, 0.5) is 5.00 Å². The van der Waals surface area contributed by atoms with Crippen LogP contribution in [0.15, 0.2) is 70.3 Å². The highest BCUT2D eigenvalue weighted by atomic mass is 32.1. The van der Waals surface area contributed by atoms with E-state index in [0.717, 1.165) is 63.3 Å². The normalized spacial score (nSPS) is 15.5. The third kappa shape index (κ3) is 5.41. The van der Waals surface area contributed by atoms with E-state index in [1.54, 1.807) is 17.6 Å². The Morgan fingerprint density at radius 2 is 1.95 bits per heavy atom. The minimum Gasteiger partial charge on any atom is -0.467 e. The minimum atomic E-state index is -0.0887. The summed E-state index contributed by atoms with van der Waals surface area (Å²) in [5.41, 5.74) is 8.81. The Hall–Kier alpha value is -3.90. The van der Waals surface area contributed by atoms with Crippen molar-refractivity contribution in [1.82, 2.24) is 10.3 Å². The van der Waals surface area contributed by atoms with Gasteiger partial charge in [0.15, 0.2) is 0 Å². The zero-order valence-corrected chi connectivity index (χ0v) is 25.2. The summed E-state index contributed by atoms with van der Waals surface area (Å²) in [5.74, 6) is 1.22. The summed E-state index contributed by atoms with van der Waals surface area (Å²) in [5, 5.41) is 5.01. The first-order chi connectivity index (χ1) is 19.7. The number of furan rings is 1. The number of carbonyl (C=O) groups excluding carboxylic acids is 1. The summed E-state index contributed by atoms with van der Waals surface area (Å²) in [4.78, 5) is 23.8. The Labute approximate surface area is 245 Å². The number of nitrogens with one attached hydrogen (secondary N) is 2. The third-order valence-corrected chi connectivity index (χ3v) is 9.53. The highest BCUT2D eigenvalue weighted by Crippen LogP contribution is 2.45. The van der Waals surface area contributed by atoms with Crippen molar-refractivity contribution in [2.24, 2.45) is 16.3 Å². The van der Waals surface area contributed by atoms with Gasteiger partial charge < -0.3 is 14.7 Å². The number of rotatable bonds is 6. The lowest BCUT2D eigenvalue weighted by molar-refractivity contribution is 0.0947. The van der Waals surface area contributed by atoms with Crippen LogP contribution in [-0.2, 0) is 19.4 Å². The van der Waals surface area contributed by atoms with Crippen LogP contribution in [0.1, 0.15) is 70.4 Å². The molecule has 2 N–H and O–H groups in total. The van der Waals surface area contributed by atoms with Gasteiger partial charge in [0.25, 0.3) is 5.91 Å². The number of H-pyrrole nitrogens is 1. The van der Waals surface area contributed by atoms with Crippen molar-refractivity contribution in [1.29, 1.82) is 0 Å². The quantitative estimate of drug-likeness (QED) is 0.202. The maximum atomic E-state index is 13.7. The molecule has 0 saturated heterocycles. The average molecular weight is 564 g/mol. The second-order valence-corrected chi connectivity index (χ2v) is 13.4. The maximum absolute atomic E-state index is 13.7. The first-order valence-corrected chi connectivity index (χ1v) is 15.2. The first-order valence-electron chi connectivity index (χ1n) is 14.4. The van der Waals surface area contributed by atoms with Gasteiger partial charge in [-0.1, -0.05) is 62.7 Å². The second kappa shape index (κ2) is 10.8. The number of fused-ring (bicyclic) bond motifs is 2. The molecule has 0 radical (unpaired) electrons. The Morgan fingerprint density at radius 3 is 2.68 bits per heavy atom. The molecular formula is C35H37N3O2S. The summed E-state index contributed by atoms with van der Waals surface area (Å²) in [6.07, 6.45) is 6.55. The Morgan fingerprint density at radius 1 is 1.15 bits per heavy atom. The average Bonchev–Trinajstić information content (AvgIpc) is 3.67. The fraction of sp³-hybridized carbons (Fsp3) is 0.314. The molecule has 3 aromatic heterocycles. The van der Waals surface area contributed by atoms with Crippen molar-refractivity contribution in [2.45, 2.75) is 60.4 Å². The van der Waals surface area contributed by atoms with Gasteiger partial charge in [0.1, 0.15) is 10.8 Å². The smallest absolute Gasteiger partial charge is 0.255 e. The van der Waals surface area contributed by atoms with Crippen LogP contribution >= 0.6 is 11.3 Å². The fourth-order valence-corrected chi connectivity index (χ4v) is 7.34. The molecule has 0 spiro atoms. The van der Waals surface area contributed by atoms with Gasteiger partial charge in [-0.2, -0.15) is 0 Å². The molecule has 1 atom stereocenters. The molecule has 6 heteroatoms. The molecule has 0 fully saturated rings. The van der Waals surface area contributed by atoms with Crippen LogP contribution in [-0.4, -0.2) is 17.1 Å². The van der Waals surface area contributed by atoms with Gasteiger partial charge in [0, 0.05) is 27.6 Å². The number of amides is 1. The zero-order valence-electron chi connectivity index (χ0n) is 24.4. The first kappa shape index (κ1) is 27.3. The molecule has 1 aliphatic carbocycles. The Kier molecular flexibility index (Phi) is 7.20. The van der Waals surface area contributed by atoms with Gasteiger partial charge in [-0.05, 0) is 79.3 Å². The van der Waals surface area contributed by atoms with Crippen molar-refractivity contribution in [3.05, 3.63) is 99.3 Å². The standard InChI is InChI=1S/C35H37N3O2S/c1-21-16-22(2)31-27(17-21)28(32(38-31)23-10-7-6-8-11-23)20-37-34-30(33(39)36-19-25-12-9-15-40-25)26-14-13-24(35(3,4)5)18-29(26)41-34/h6-12,15-17,20,24,38H,13-14,18-19H2,1-5H3,(H,36,39)/t24-/m1/s1. The van der Waals surface area contributed by atoms with Crippen molar-refractivity contribution in [3.8, 4) is 11.3 Å². The molecule has 6 rings (SSSR count). The highest BCUT2D eigenvalue weighted by molar-refractivity contribution is 7.16. The summed E-state index contributed by atoms with van der Waals surface area (Å²) >= 11 is 1.68. The van der Waals surface area contributed by atoms with E-state index in [2.05, 4.69) is 81.3 Å². The van der Waals surface area contributed by atoms with E-state index in [9.17, 15) is 4.79 Å². The lowest BCUT2D eigenvalue weighted by Crippen LogP contribution is -2.28. The lowest BCUT2D eigenvalue weighted by atomic mass is 9.72. The molecule has 3 heterocycles. The van der Waals surface area contributed by atoms with Crippen molar-refractivity contribution in [3.63, 3.8) is 0 Å². The Bertz CT molecular complexity index is 1730. The monoisotopic (exact) mass is 563 g/mol. The summed E-state index contributed by atoms with van der Waals surface area (Å²) in [7, 11) is 0. The summed E-state index contributed by atoms with van der Waals surface area (Å²) < 4.78 is 5.46. The molecular weight excluding hydrogens is 526 g/mol. The van der Waals surface area contributed by atoms with Gasteiger partial charge in [-0.15, -0.1) is 11.3 Å². The number of thiophene rings is 1. The van der Waals surface area contributed by atoms with Gasteiger partial charge in [-0.25, -0.2) is 4.99 Å². The van der Waals surface area contributed by atoms with Crippen molar-refractivity contribution >= 4 is 39.4 Å². The van der Waals surface area contributed by atoms with Gasteiger partial charge >= 0.3 is 0 Å². The Balaban J connectivity index is 1.45. The maximum Gasteiger partial charge on any atom is 0.255 e. The van der Waals surface area contributed by atoms with Crippen LogP contribution in [0.3, 0.4) is 0 Å². The van der Waals surface area contributed by atoms with E-state index in [1.165, 1.54) is 16.0 Å². The molecule has 210 valence electrons. The number of aromatic nitrogens is 1. The fourth-order valence-electron chi connectivity index (χ4n) is 6.07. The van der Waals surface area contributed by atoms with Crippen molar-refractivity contribution < 1.29 is 9.21 Å². The van der Waals surface area contributed by atoms with Crippen LogP contribution in [0, 0.1) is 25.2 Å². The van der Waals surface area contributed by atoms with E-state index >= 15 is 0 Å². The predicted octanol–water partition coefficient (Wildman–Crippen LogP) is 8.94. The van der Waals surface area contributed by atoms with E-state index in [1.807, 2.05) is 24.4 Å². The number of aryl methyl sites for hydroxylation is 2. The van der Waals surface area contributed by atoms with Gasteiger partial charge in [0.05, 0.1) is 24.1 Å². The molecule has 0 aliphatic heterocycles. The number of nitrogens with zero attached hydrogens (tertiary/aromatic N) is 1. The topological polar surface area (TPSA) is 70.4 Å². The SMILES string of the molecule is Cc1cc(C)c2[nH]c(-c3ccccc3)c(C=Nc3sc4c(c3C(=O)NCc3ccco3)CC[C@@H](C(C)(C)C)C4)c2c1. The molecule has 0 unspecified atom stereocenters. The van der Waals surface area contributed by atoms with Crippen LogP contribution in [0.5, 0.6) is 0 Å².